The second kappa shape index (κ2) is 6.66. The minimum Gasteiger partial charge on any atom is -0.428 e. The quantitative estimate of drug-likeness (QED) is 0.285. The van der Waals surface area contributed by atoms with Crippen LogP contribution in [0.1, 0.15) is 13.3 Å². The first kappa shape index (κ1) is 13.2. The molecule has 14 heavy (non-hydrogen) atoms. The number of hydrogen-bond donors (Lipinski definition) is 2. The Bertz CT molecular complexity index is 228. The number of ether oxygens (including phenoxy) is 1. The zero-order chi connectivity index (χ0) is 11.1. The Hall–Kier alpha value is -0.760. The molecule has 0 bridgehead atoms. The highest BCUT2D eigenvalue weighted by molar-refractivity contribution is 7.74. The average Bonchev–Trinajstić information content (AvgIpc) is 2.14. The third-order valence-electron chi connectivity index (χ3n) is 1.31. The highest BCUT2D eigenvalue weighted by atomic mass is 32.2. The van der Waals surface area contributed by atoms with E-state index in [1.54, 1.807) is 6.92 Å². The van der Waals surface area contributed by atoms with Crippen LogP contribution in [0.5, 0.6) is 0 Å². The van der Waals surface area contributed by atoms with Crippen molar-refractivity contribution in [3.8, 4) is 0 Å². The van der Waals surface area contributed by atoms with E-state index in [-0.39, 0.29) is 6.42 Å². The fourth-order valence-corrected chi connectivity index (χ4v) is 0.928. The van der Waals surface area contributed by atoms with E-state index in [9.17, 15) is 14.1 Å². The maximum atomic E-state index is 10.7. The number of esters is 1. The summed E-state index contributed by atoms with van der Waals surface area (Å²) in [5, 5.41) is 9.23. The molecule has 3 atom stereocenters. The predicted molar refractivity (Wildman–Crippen MR) is 48.2 cm³/mol. The number of carbonyl (C=O) groups excluding carboxylic acids is 1. The highest BCUT2D eigenvalue weighted by Crippen LogP contribution is 2.07. The van der Waals surface area contributed by atoms with Gasteiger partial charge in [-0.3, -0.25) is 4.55 Å². The van der Waals surface area contributed by atoms with Crippen molar-refractivity contribution in [3.05, 3.63) is 12.7 Å². The predicted octanol–water partition coefficient (Wildman–Crippen LogP) is -0.0341. The zero-order valence-electron chi connectivity index (χ0n) is 7.58. The van der Waals surface area contributed by atoms with Gasteiger partial charge in [-0.1, -0.05) is 13.5 Å². The molecular formula is C7H12O6S. The molecule has 0 rings (SSSR count). The average molecular weight is 224 g/mol. The minimum atomic E-state index is -2.61. The van der Waals surface area contributed by atoms with Crippen LogP contribution in [0.3, 0.4) is 0 Å². The van der Waals surface area contributed by atoms with Crippen LogP contribution in [0.15, 0.2) is 12.7 Å². The summed E-state index contributed by atoms with van der Waals surface area (Å²) >= 11 is -2.61. The van der Waals surface area contributed by atoms with Gasteiger partial charge in [-0.15, -0.1) is 0 Å². The smallest absolute Gasteiger partial charge is 0.332 e. The molecule has 7 heteroatoms. The first-order valence-electron chi connectivity index (χ1n) is 3.80. The van der Waals surface area contributed by atoms with Gasteiger partial charge in [-0.2, -0.15) is 4.21 Å². The summed E-state index contributed by atoms with van der Waals surface area (Å²) in [7, 11) is 0. The first-order valence-corrected chi connectivity index (χ1v) is 4.83. The van der Waals surface area contributed by atoms with E-state index in [1.165, 1.54) is 0 Å². The lowest BCUT2D eigenvalue weighted by Crippen LogP contribution is -2.33. The third kappa shape index (κ3) is 5.07. The molecule has 0 spiro atoms. The SMILES string of the molecule is C=CC(=O)OC(OS(=O)O)C(O)CC. The van der Waals surface area contributed by atoms with Crippen molar-refractivity contribution in [1.29, 1.82) is 0 Å². The van der Waals surface area contributed by atoms with Gasteiger partial charge in [-0.05, 0) is 6.42 Å². The molecule has 0 fully saturated rings. The fourth-order valence-electron chi connectivity index (χ4n) is 0.598. The summed E-state index contributed by atoms with van der Waals surface area (Å²) in [4.78, 5) is 10.7. The standard InChI is InChI=1S/C7H12O6S/c1-3-5(8)7(13-14(10)11)12-6(9)4-2/h4-5,7-8H,2-3H2,1H3,(H,10,11). The van der Waals surface area contributed by atoms with E-state index >= 15 is 0 Å². The molecular weight excluding hydrogens is 212 g/mol. The molecule has 0 aromatic heterocycles. The van der Waals surface area contributed by atoms with Crippen LogP contribution in [0.4, 0.5) is 0 Å². The number of rotatable bonds is 6. The van der Waals surface area contributed by atoms with Gasteiger partial charge in [0.15, 0.2) is 0 Å². The van der Waals surface area contributed by atoms with E-state index < -0.39 is 29.7 Å². The fraction of sp³-hybridized carbons (Fsp3) is 0.571. The van der Waals surface area contributed by atoms with Gasteiger partial charge < -0.3 is 9.84 Å². The maximum Gasteiger partial charge on any atom is 0.332 e. The molecule has 0 aromatic rings. The Labute approximate surface area is 84.0 Å². The molecule has 6 nitrogen and oxygen atoms in total. The second-order valence-electron chi connectivity index (χ2n) is 2.30. The lowest BCUT2D eigenvalue weighted by molar-refractivity contribution is -0.173. The number of hydrogen-bond acceptors (Lipinski definition) is 5. The first-order chi connectivity index (χ1) is 6.51. The Morgan fingerprint density at radius 1 is 1.71 bits per heavy atom. The van der Waals surface area contributed by atoms with Gasteiger partial charge in [0, 0.05) is 6.08 Å². The molecule has 0 amide bonds. The number of aliphatic hydroxyl groups excluding tert-OH is 1. The van der Waals surface area contributed by atoms with Crippen molar-refractivity contribution >= 4 is 17.3 Å². The topological polar surface area (TPSA) is 93.1 Å². The number of aliphatic hydroxyl groups is 1. The van der Waals surface area contributed by atoms with Crippen LogP contribution in [0.2, 0.25) is 0 Å². The van der Waals surface area contributed by atoms with Gasteiger partial charge in [0.2, 0.25) is 6.29 Å². The van der Waals surface area contributed by atoms with Gasteiger partial charge in [0.1, 0.15) is 6.10 Å². The summed E-state index contributed by atoms with van der Waals surface area (Å²) in [6.45, 7) is 4.73. The lowest BCUT2D eigenvalue weighted by Gasteiger charge is -2.18. The van der Waals surface area contributed by atoms with Gasteiger partial charge in [0.05, 0.1) is 0 Å². The lowest BCUT2D eigenvalue weighted by atomic mass is 10.3. The van der Waals surface area contributed by atoms with E-state index in [2.05, 4.69) is 15.5 Å². The Balaban J connectivity index is 4.30. The Morgan fingerprint density at radius 3 is 2.64 bits per heavy atom. The van der Waals surface area contributed by atoms with Crippen molar-refractivity contribution < 1.29 is 27.6 Å². The molecule has 2 N–H and O–H groups in total. The molecule has 0 radical (unpaired) electrons. The molecule has 82 valence electrons. The molecule has 0 aromatic carbocycles. The van der Waals surface area contributed by atoms with Crippen molar-refractivity contribution in [1.82, 2.24) is 0 Å². The van der Waals surface area contributed by atoms with Gasteiger partial charge in [-0.25, -0.2) is 8.98 Å². The monoisotopic (exact) mass is 224 g/mol. The van der Waals surface area contributed by atoms with Crippen molar-refractivity contribution in [2.24, 2.45) is 0 Å². The molecule has 0 aliphatic rings. The van der Waals surface area contributed by atoms with Crippen molar-refractivity contribution in [3.63, 3.8) is 0 Å². The van der Waals surface area contributed by atoms with E-state index in [0.29, 0.717) is 0 Å². The third-order valence-corrected chi connectivity index (χ3v) is 1.66. The molecule has 0 aliphatic carbocycles. The summed E-state index contributed by atoms with van der Waals surface area (Å²) in [6.07, 6.45) is -1.54. The summed E-state index contributed by atoms with van der Waals surface area (Å²) in [6, 6.07) is 0. The van der Waals surface area contributed by atoms with Crippen LogP contribution in [0.25, 0.3) is 0 Å². The van der Waals surface area contributed by atoms with E-state index in [0.717, 1.165) is 6.08 Å². The van der Waals surface area contributed by atoms with Crippen molar-refractivity contribution in [2.45, 2.75) is 25.7 Å². The summed E-state index contributed by atoms with van der Waals surface area (Å²) in [5.74, 6) is -0.840. The van der Waals surface area contributed by atoms with Crippen LogP contribution in [-0.2, 0) is 25.1 Å². The molecule has 0 aliphatic heterocycles. The van der Waals surface area contributed by atoms with Crippen LogP contribution < -0.4 is 0 Å². The zero-order valence-corrected chi connectivity index (χ0v) is 8.40. The van der Waals surface area contributed by atoms with E-state index in [4.69, 9.17) is 4.55 Å². The van der Waals surface area contributed by atoms with Crippen LogP contribution >= 0.6 is 0 Å². The normalized spacial score (nSPS) is 16.8. The number of carbonyl (C=O) groups is 1. The van der Waals surface area contributed by atoms with Crippen molar-refractivity contribution in [2.75, 3.05) is 0 Å². The Morgan fingerprint density at radius 2 is 2.29 bits per heavy atom. The molecule has 3 unspecified atom stereocenters. The maximum absolute atomic E-state index is 10.7. The van der Waals surface area contributed by atoms with E-state index in [1.807, 2.05) is 0 Å². The summed E-state index contributed by atoms with van der Waals surface area (Å²) in [5.41, 5.74) is 0. The molecule has 0 saturated heterocycles. The second-order valence-corrected chi connectivity index (χ2v) is 2.93. The molecule has 0 heterocycles. The van der Waals surface area contributed by atoms with Crippen LogP contribution in [0, 0.1) is 0 Å². The van der Waals surface area contributed by atoms with Gasteiger partial charge in [0.25, 0.3) is 0 Å². The molecule has 0 saturated carbocycles. The Kier molecular flexibility index (Phi) is 6.30. The minimum absolute atomic E-state index is 0.215. The summed E-state index contributed by atoms with van der Waals surface area (Å²) < 4.78 is 27.4. The van der Waals surface area contributed by atoms with Gasteiger partial charge >= 0.3 is 17.3 Å². The van der Waals surface area contributed by atoms with Crippen LogP contribution in [-0.4, -0.2) is 32.2 Å². The highest BCUT2D eigenvalue weighted by Gasteiger charge is 2.24. The largest absolute Gasteiger partial charge is 0.428 e.